The molecule has 2 N–H and O–H groups in total. The van der Waals surface area contributed by atoms with Crippen LogP contribution < -0.4 is 30.6 Å². The molecule has 2 atom stereocenters. The molecule has 2 bridgehead atoms. The Kier molecular flexibility index (Phi) is 6.58. The minimum absolute atomic E-state index is 0.0356. The SMILES string of the molecule is O=C(Nc1ccc2c(c1)OCCO2)c1ccc(N2CC3CC(C2)c2cccc(=O)n2C3)c(NC(=O)c2cccnc2)c1. The summed E-state index contributed by atoms with van der Waals surface area (Å²) in [6.45, 7) is 3.03. The van der Waals surface area contributed by atoms with Gasteiger partial charge in [-0.25, -0.2) is 0 Å². The van der Waals surface area contributed by atoms with E-state index in [4.69, 9.17) is 9.47 Å². The van der Waals surface area contributed by atoms with Crippen molar-refractivity contribution in [3.05, 3.63) is 106 Å². The highest BCUT2D eigenvalue weighted by atomic mass is 16.6. The number of carbonyl (C=O) groups excluding carboxylic acids is 2. The molecule has 4 aromatic rings. The number of hydrogen-bond donors (Lipinski definition) is 2. The predicted molar refractivity (Wildman–Crippen MR) is 158 cm³/mol. The van der Waals surface area contributed by atoms with Crippen LogP contribution >= 0.6 is 0 Å². The maximum atomic E-state index is 13.4. The number of nitrogens with zero attached hydrogens (tertiary/aromatic N) is 3. The van der Waals surface area contributed by atoms with Gasteiger partial charge in [0.1, 0.15) is 13.2 Å². The Morgan fingerprint density at radius 1 is 0.833 bits per heavy atom. The van der Waals surface area contributed by atoms with Crippen molar-refractivity contribution in [2.45, 2.75) is 18.9 Å². The summed E-state index contributed by atoms with van der Waals surface area (Å²) in [6.07, 6.45) is 4.13. The number of carbonyl (C=O) groups is 2. The fourth-order valence-electron chi connectivity index (χ4n) is 6.16. The van der Waals surface area contributed by atoms with Crippen LogP contribution in [-0.4, -0.2) is 47.7 Å². The number of piperidine rings is 1. The van der Waals surface area contributed by atoms with Crippen LogP contribution in [0.5, 0.6) is 11.5 Å². The van der Waals surface area contributed by atoms with E-state index in [-0.39, 0.29) is 29.2 Å². The fraction of sp³-hybridized carbons (Fsp3) is 0.250. The van der Waals surface area contributed by atoms with E-state index in [1.54, 1.807) is 54.7 Å². The van der Waals surface area contributed by atoms with Gasteiger partial charge in [-0.3, -0.25) is 19.4 Å². The number of anilines is 3. The topological polar surface area (TPSA) is 115 Å². The number of pyridine rings is 2. The lowest BCUT2D eigenvalue weighted by Crippen LogP contribution is -2.47. The van der Waals surface area contributed by atoms with E-state index in [9.17, 15) is 14.4 Å². The Balaban J connectivity index is 1.19. The lowest BCUT2D eigenvalue weighted by Gasteiger charge is -2.44. The highest BCUT2D eigenvalue weighted by Crippen LogP contribution is 2.39. The lowest BCUT2D eigenvalue weighted by atomic mass is 9.83. The molecule has 10 nitrogen and oxygen atoms in total. The second-order valence-corrected chi connectivity index (χ2v) is 10.8. The summed E-state index contributed by atoms with van der Waals surface area (Å²) >= 11 is 0. The molecule has 212 valence electrons. The quantitative estimate of drug-likeness (QED) is 0.375. The fourth-order valence-corrected chi connectivity index (χ4v) is 6.16. The molecule has 1 fully saturated rings. The van der Waals surface area contributed by atoms with Crippen molar-refractivity contribution in [3.8, 4) is 11.5 Å². The van der Waals surface area contributed by atoms with Crippen molar-refractivity contribution in [1.29, 1.82) is 0 Å². The van der Waals surface area contributed by atoms with E-state index in [0.29, 0.717) is 60.3 Å². The summed E-state index contributed by atoms with van der Waals surface area (Å²) in [5.41, 5.74) is 3.82. The molecule has 2 aromatic carbocycles. The Labute approximate surface area is 241 Å². The van der Waals surface area contributed by atoms with E-state index >= 15 is 0 Å². The Hall–Kier alpha value is -5.12. The van der Waals surface area contributed by atoms with Gasteiger partial charge in [-0.05, 0) is 60.9 Å². The summed E-state index contributed by atoms with van der Waals surface area (Å²) in [6, 6.07) is 19.5. The summed E-state index contributed by atoms with van der Waals surface area (Å²) in [4.78, 5) is 45.4. The van der Waals surface area contributed by atoms with Crippen LogP contribution in [0.3, 0.4) is 0 Å². The first-order chi connectivity index (χ1) is 20.5. The molecule has 2 amide bonds. The molecule has 3 aliphatic heterocycles. The third-order valence-electron chi connectivity index (χ3n) is 8.05. The average molecular weight is 564 g/mol. The maximum Gasteiger partial charge on any atom is 0.257 e. The first kappa shape index (κ1) is 25.8. The van der Waals surface area contributed by atoms with Crippen molar-refractivity contribution in [1.82, 2.24) is 9.55 Å². The van der Waals surface area contributed by atoms with Crippen LogP contribution in [0.15, 0.2) is 83.9 Å². The van der Waals surface area contributed by atoms with Gasteiger partial charge in [-0.1, -0.05) is 6.07 Å². The van der Waals surface area contributed by atoms with Gasteiger partial charge in [0.15, 0.2) is 11.5 Å². The molecule has 0 aliphatic carbocycles. The molecule has 10 heteroatoms. The van der Waals surface area contributed by atoms with Gasteiger partial charge < -0.3 is 29.6 Å². The largest absolute Gasteiger partial charge is 0.486 e. The third kappa shape index (κ3) is 4.96. The zero-order valence-corrected chi connectivity index (χ0v) is 22.8. The van der Waals surface area contributed by atoms with E-state index in [0.717, 1.165) is 24.3 Å². The van der Waals surface area contributed by atoms with Crippen molar-refractivity contribution in [2.24, 2.45) is 5.92 Å². The Morgan fingerprint density at radius 3 is 2.55 bits per heavy atom. The molecule has 0 spiro atoms. The number of fused-ring (bicyclic) bond motifs is 5. The molecule has 7 rings (SSSR count). The molecule has 2 unspecified atom stereocenters. The number of nitrogens with one attached hydrogen (secondary N) is 2. The predicted octanol–water partition coefficient (Wildman–Crippen LogP) is 4.14. The van der Waals surface area contributed by atoms with Crippen LogP contribution in [0.2, 0.25) is 0 Å². The smallest absolute Gasteiger partial charge is 0.257 e. The third-order valence-corrected chi connectivity index (χ3v) is 8.05. The number of aromatic nitrogens is 2. The first-order valence-electron chi connectivity index (χ1n) is 14.0. The molecular formula is C32H29N5O5. The van der Waals surface area contributed by atoms with Crippen molar-refractivity contribution in [3.63, 3.8) is 0 Å². The molecule has 0 radical (unpaired) electrons. The number of ether oxygens (including phenoxy) is 2. The van der Waals surface area contributed by atoms with Crippen LogP contribution in [0.4, 0.5) is 17.1 Å². The highest BCUT2D eigenvalue weighted by molar-refractivity contribution is 6.09. The Morgan fingerprint density at radius 2 is 1.69 bits per heavy atom. The summed E-state index contributed by atoms with van der Waals surface area (Å²) in [7, 11) is 0. The summed E-state index contributed by atoms with van der Waals surface area (Å²) in [5, 5.41) is 5.95. The van der Waals surface area contributed by atoms with Gasteiger partial charge in [-0.15, -0.1) is 0 Å². The first-order valence-corrected chi connectivity index (χ1v) is 14.0. The molecule has 3 aliphatic rings. The normalized spacial score (nSPS) is 18.5. The van der Waals surface area contributed by atoms with Crippen LogP contribution in [0.1, 0.15) is 38.7 Å². The summed E-state index contributed by atoms with van der Waals surface area (Å²) < 4.78 is 13.1. The maximum absolute atomic E-state index is 13.4. The van der Waals surface area contributed by atoms with Crippen LogP contribution in [-0.2, 0) is 6.54 Å². The van der Waals surface area contributed by atoms with Gasteiger partial charge in [0.25, 0.3) is 17.4 Å². The second kappa shape index (κ2) is 10.7. The van der Waals surface area contributed by atoms with E-state index in [1.165, 1.54) is 6.20 Å². The van der Waals surface area contributed by atoms with E-state index < -0.39 is 0 Å². The number of benzene rings is 2. The summed E-state index contributed by atoms with van der Waals surface area (Å²) in [5.74, 6) is 1.06. The van der Waals surface area contributed by atoms with Crippen molar-refractivity contribution in [2.75, 3.05) is 41.8 Å². The molecule has 5 heterocycles. The number of amides is 2. The number of hydrogen-bond acceptors (Lipinski definition) is 7. The minimum Gasteiger partial charge on any atom is -0.486 e. The van der Waals surface area contributed by atoms with Gasteiger partial charge in [0.2, 0.25) is 0 Å². The van der Waals surface area contributed by atoms with Crippen LogP contribution in [0, 0.1) is 5.92 Å². The average Bonchev–Trinajstić information content (AvgIpc) is 3.02. The van der Waals surface area contributed by atoms with Gasteiger partial charge in [0, 0.05) is 67.0 Å². The second-order valence-electron chi connectivity index (χ2n) is 10.8. The molecule has 42 heavy (non-hydrogen) atoms. The van der Waals surface area contributed by atoms with Gasteiger partial charge in [-0.2, -0.15) is 0 Å². The zero-order chi connectivity index (χ0) is 28.6. The van der Waals surface area contributed by atoms with Gasteiger partial charge >= 0.3 is 0 Å². The lowest BCUT2D eigenvalue weighted by molar-refractivity contribution is 0.101. The molecule has 2 aromatic heterocycles. The Bertz CT molecular complexity index is 1740. The van der Waals surface area contributed by atoms with Gasteiger partial charge in [0.05, 0.1) is 16.9 Å². The minimum atomic E-state index is -0.320. The van der Waals surface area contributed by atoms with Crippen molar-refractivity contribution < 1.29 is 19.1 Å². The zero-order valence-electron chi connectivity index (χ0n) is 22.8. The van der Waals surface area contributed by atoms with E-state index in [2.05, 4.69) is 20.5 Å². The standard InChI is InChI=1S/C32H29N5O5/c38-30-5-1-4-26-23-13-20(18-37(26)30)17-36(19-23)27-8-6-21(14-25(27)35-32(40)22-3-2-10-33-16-22)31(39)34-24-7-9-28-29(15-24)42-12-11-41-28/h1-10,14-16,20,23H,11-13,17-19H2,(H,34,39)(H,35,40). The molecular weight excluding hydrogens is 534 g/mol. The number of rotatable bonds is 5. The monoisotopic (exact) mass is 563 g/mol. The molecule has 1 saturated heterocycles. The van der Waals surface area contributed by atoms with Crippen LogP contribution in [0.25, 0.3) is 0 Å². The highest BCUT2D eigenvalue weighted by Gasteiger charge is 2.35. The molecule has 0 saturated carbocycles. The van der Waals surface area contributed by atoms with Crippen molar-refractivity contribution >= 4 is 28.9 Å². The van der Waals surface area contributed by atoms with E-state index in [1.807, 2.05) is 22.8 Å².